The number of piperazine rings is 1. The highest BCUT2D eigenvalue weighted by Crippen LogP contribution is 2.23. The first-order valence-corrected chi connectivity index (χ1v) is 13.9. The second kappa shape index (κ2) is 13.0. The third kappa shape index (κ3) is 8.33. The number of nitrogens with one attached hydrogen (secondary N) is 1. The molecule has 2 heterocycles. The highest BCUT2D eigenvalue weighted by Gasteiger charge is 2.29. The van der Waals surface area contributed by atoms with Gasteiger partial charge in [-0.15, -0.1) is 0 Å². The lowest BCUT2D eigenvalue weighted by Crippen LogP contribution is -2.51. The standard InChI is InChI=1S/C25H39N5O4S/c1-4-5-9-21(2)28-16-18-29(19-17-28)24(31)20-22-12-14-30(15-13-22)25(27-35(32,33)26-3)34-23-10-7-6-8-11-23/h4-8,10-11,21-22,26H,9,12-20H2,1-3H3/b5-4-,27-25+. The molecule has 1 aromatic rings. The molecule has 2 aliphatic rings. The van der Waals surface area contributed by atoms with Crippen molar-refractivity contribution in [3.05, 3.63) is 42.5 Å². The van der Waals surface area contributed by atoms with E-state index in [1.165, 1.54) is 7.05 Å². The number of carbonyl (C=O) groups excluding carboxylic acids is 1. The van der Waals surface area contributed by atoms with Gasteiger partial charge in [-0.1, -0.05) is 34.7 Å². The lowest BCUT2D eigenvalue weighted by Gasteiger charge is -2.39. The highest BCUT2D eigenvalue weighted by molar-refractivity contribution is 7.88. The van der Waals surface area contributed by atoms with E-state index in [0.29, 0.717) is 31.3 Å². The fraction of sp³-hybridized carbons (Fsp3) is 0.600. The average Bonchev–Trinajstić information content (AvgIpc) is 2.88. The number of amides is 1. The van der Waals surface area contributed by atoms with Crippen LogP contribution in [0.25, 0.3) is 0 Å². The molecule has 0 spiro atoms. The molecule has 3 rings (SSSR count). The van der Waals surface area contributed by atoms with E-state index in [4.69, 9.17) is 4.74 Å². The van der Waals surface area contributed by atoms with Gasteiger partial charge in [-0.05, 0) is 51.2 Å². The summed E-state index contributed by atoms with van der Waals surface area (Å²) in [6, 6.07) is 9.56. The van der Waals surface area contributed by atoms with E-state index in [-0.39, 0.29) is 17.8 Å². The van der Waals surface area contributed by atoms with Crippen molar-refractivity contribution in [2.45, 2.75) is 45.6 Å². The van der Waals surface area contributed by atoms with E-state index < -0.39 is 10.2 Å². The Hall–Kier alpha value is -2.43. The van der Waals surface area contributed by atoms with E-state index in [0.717, 1.165) is 45.4 Å². The summed E-state index contributed by atoms with van der Waals surface area (Å²) in [4.78, 5) is 19.2. The van der Waals surface area contributed by atoms with Crippen LogP contribution in [0.2, 0.25) is 0 Å². The Morgan fingerprint density at radius 2 is 1.77 bits per heavy atom. The van der Waals surface area contributed by atoms with Crippen molar-refractivity contribution >= 4 is 22.1 Å². The number of para-hydroxylation sites is 1. The number of allylic oxidation sites excluding steroid dienone is 1. The second-order valence-electron chi connectivity index (χ2n) is 9.17. The first-order valence-electron chi connectivity index (χ1n) is 12.5. The molecule has 0 aromatic heterocycles. The fourth-order valence-corrected chi connectivity index (χ4v) is 4.93. The Bertz CT molecular complexity index is 967. The van der Waals surface area contributed by atoms with Gasteiger partial charge in [-0.25, -0.2) is 0 Å². The van der Waals surface area contributed by atoms with E-state index in [1.807, 2.05) is 34.9 Å². The van der Waals surface area contributed by atoms with Gasteiger partial charge in [0.05, 0.1) is 0 Å². The van der Waals surface area contributed by atoms with Crippen LogP contribution in [0.1, 0.15) is 39.5 Å². The van der Waals surface area contributed by atoms with Crippen molar-refractivity contribution < 1.29 is 17.9 Å². The van der Waals surface area contributed by atoms with Crippen molar-refractivity contribution in [2.75, 3.05) is 46.3 Å². The minimum absolute atomic E-state index is 0.0542. The Kier molecular flexibility index (Phi) is 10.1. The number of likely N-dealkylation sites (tertiary alicyclic amines) is 1. The number of hydrogen-bond donors (Lipinski definition) is 1. The van der Waals surface area contributed by atoms with Gasteiger partial charge < -0.3 is 14.5 Å². The maximum Gasteiger partial charge on any atom is 0.324 e. The first-order chi connectivity index (χ1) is 16.8. The minimum Gasteiger partial charge on any atom is -0.425 e. The smallest absolute Gasteiger partial charge is 0.324 e. The molecule has 10 heteroatoms. The number of piperidine rings is 1. The van der Waals surface area contributed by atoms with Crippen molar-refractivity contribution in [2.24, 2.45) is 10.3 Å². The molecule has 2 saturated heterocycles. The Morgan fingerprint density at radius 3 is 2.37 bits per heavy atom. The summed E-state index contributed by atoms with van der Waals surface area (Å²) >= 11 is 0. The van der Waals surface area contributed by atoms with Crippen LogP contribution < -0.4 is 9.46 Å². The summed E-state index contributed by atoms with van der Waals surface area (Å²) in [5.74, 6) is 1.01. The second-order valence-corrected chi connectivity index (χ2v) is 10.7. The van der Waals surface area contributed by atoms with Gasteiger partial charge in [-0.3, -0.25) is 9.69 Å². The van der Waals surface area contributed by atoms with E-state index in [1.54, 1.807) is 12.1 Å². The molecule has 1 atom stereocenters. The van der Waals surface area contributed by atoms with Gasteiger partial charge in [0.15, 0.2) is 0 Å². The van der Waals surface area contributed by atoms with Crippen molar-refractivity contribution in [1.29, 1.82) is 0 Å². The van der Waals surface area contributed by atoms with Crippen LogP contribution in [-0.4, -0.2) is 87.4 Å². The molecule has 2 fully saturated rings. The molecule has 194 valence electrons. The highest BCUT2D eigenvalue weighted by atomic mass is 32.2. The van der Waals surface area contributed by atoms with Crippen LogP contribution >= 0.6 is 0 Å². The van der Waals surface area contributed by atoms with E-state index in [2.05, 4.69) is 33.1 Å². The van der Waals surface area contributed by atoms with E-state index >= 15 is 0 Å². The van der Waals surface area contributed by atoms with Crippen LogP contribution in [0.4, 0.5) is 0 Å². The van der Waals surface area contributed by atoms with Crippen LogP contribution in [0.5, 0.6) is 5.75 Å². The average molecular weight is 506 g/mol. The van der Waals surface area contributed by atoms with Gasteiger partial charge in [0.25, 0.3) is 0 Å². The molecule has 1 aromatic carbocycles. The largest absolute Gasteiger partial charge is 0.425 e. The molecule has 2 aliphatic heterocycles. The molecule has 0 radical (unpaired) electrons. The summed E-state index contributed by atoms with van der Waals surface area (Å²) in [6.07, 6.45) is 7.42. The molecule has 0 bridgehead atoms. The molecule has 0 aliphatic carbocycles. The quantitative estimate of drug-likeness (QED) is 0.331. The Labute approximate surface area is 210 Å². The monoisotopic (exact) mass is 505 g/mol. The Balaban J connectivity index is 1.51. The SMILES string of the molecule is C/C=C\CC(C)N1CCN(C(=O)CC2CCN(/C(=N\S(=O)(=O)NC)Oc3ccccc3)CC2)CC1. The number of carbonyl (C=O) groups is 1. The topological polar surface area (TPSA) is 94.5 Å². The minimum atomic E-state index is -3.85. The summed E-state index contributed by atoms with van der Waals surface area (Å²) in [7, 11) is -2.53. The maximum atomic E-state index is 12.9. The number of amidine groups is 1. The summed E-state index contributed by atoms with van der Waals surface area (Å²) in [5, 5.41) is 0. The van der Waals surface area contributed by atoms with Crippen LogP contribution in [-0.2, 0) is 15.0 Å². The lowest BCUT2D eigenvalue weighted by molar-refractivity contribution is -0.134. The number of ether oxygens (including phenoxy) is 1. The molecule has 1 amide bonds. The predicted octanol–water partition coefficient (Wildman–Crippen LogP) is 2.49. The molecule has 0 saturated carbocycles. The third-order valence-corrected chi connectivity index (χ3v) is 7.67. The van der Waals surface area contributed by atoms with Crippen LogP contribution in [0.15, 0.2) is 46.9 Å². The van der Waals surface area contributed by atoms with Crippen LogP contribution in [0, 0.1) is 5.92 Å². The van der Waals surface area contributed by atoms with Gasteiger partial charge in [-0.2, -0.15) is 13.1 Å². The van der Waals surface area contributed by atoms with Gasteiger partial charge in [0.2, 0.25) is 5.91 Å². The van der Waals surface area contributed by atoms with Crippen molar-refractivity contribution in [1.82, 2.24) is 19.4 Å². The van der Waals surface area contributed by atoms with Crippen LogP contribution in [0.3, 0.4) is 0 Å². The summed E-state index contributed by atoms with van der Waals surface area (Å²) in [6.45, 7) is 8.84. The molecular formula is C25H39N5O4S. The molecule has 1 unspecified atom stereocenters. The number of hydrogen-bond acceptors (Lipinski definition) is 5. The first kappa shape index (κ1) is 27.2. The molecule has 9 nitrogen and oxygen atoms in total. The normalized spacial score (nSPS) is 19.8. The fourth-order valence-electron chi connectivity index (χ4n) is 4.48. The number of benzene rings is 1. The van der Waals surface area contributed by atoms with Crippen molar-refractivity contribution in [3.63, 3.8) is 0 Å². The zero-order valence-electron chi connectivity index (χ0n) is 21.1. The Morgan fingerprint density at radius 1 is 1.11 bits per heavy atom. The van der Waals surface area contributed by atoms with Gasteiger partial charge >= 0.3 is 16.2 Å². The summed E-state index contributed by atoms with van der Waals surface area (Å²) in [5.41, 5.74) is 0. The zero-order valence-corrected chi connectivity index (χ0v) is 21.9. The summed E-state index contributed by atoms with van der Waals surface area (Å²) < 4.78 is 36.0. The maximum absolute atomic E-state index is 12.9. The molecular weight excluding hydrogens is 466 g/mol. The predicted molar refractivity (Wildman–Crippen MR) is 138 cm³/mol. The molecule has 1 N–H and O–H groups in total. The number of rotatable bonds is 8. The van der Waals surface area contributed by atoms with Crippen molar-refractivity contribution in [3.8, 4) is 5.75 Å². The van der Waals surface area contributed by atoms with Gasteiger partial charge in [0, 0.05) is 58.8 Å². The zero-order chi connectivity index (χ0) is 25.3. The molecule has 35 heavy (non-hydrogen) atoms. The van der Waals surface area contributed by atoms with Gasteiger partial charge in [0.1, 0.15) is 5.75 Å². The number of nitrogens with zero attached hydrogens (tertiary/aromatic N) is 4. The lowest BCUT2D eigenvalue weighted by atomic mass is 9.93. The van der Waals surface area contributed by atoms with E-state index in [9.17, 15) is 13.2 Å². The third-order valence-electron chi connectivity index (χ3n) is 6.76.